The third-order valence-electron chi connectivity index (χ3n) is 9.82. The fourth-order valence-electron chi connectivity index (χ4n) is 8.03. The summed E-state index contributed by atoms with van der Waals surface area (Å²) in [6.07, 6.45) is 15.4. The molecule has 0 aliphatic heterocycles. The Kier molecular flexibility index (Phi) is 5.25. The Labute approximate surface area is 246 Å². The molecule has 0 bridgehead atoms. The van der Waals surface area contributed by atoms with Gasteiger partial charge >= 0.3 is 0 Å². The van der Waals surface area contributed by atoms with Crippen LogP contribution in [0.4, 0.5) is 0 Å². The molecule has 0 nitrogen and oxygen atoms in total. The largest absolute Gasteiger partial charge is 0.0764 e. The maximum atomic E-state index is 2.50. The summed E-state index contributed by atoms with van der Waals surface area (Å²) in [5.41, 5.74) is 7.21. The molecule has 3 aliphatic carbocycles. The SMILES string of the molecule is C1=CC2C(c3ccc4ccccc4c3)=c3ccccc3=C(C3C=Cc4c(c5ccccc5c5ccccc45)C3)C2C=C1. The normalized spacial score (nSPS) is 20.6. The van der Waals surface area contributed by atoms with E-state index in [9.17, 15) is 0 Å². The van der Waals surface area contributed by atoms with Crippen molar-refractivity contribution < 1.29 is 0 Å². The summed E-state index contributed by atoms with van der Waals surface area (Å²) in [6, 6.07) is 42.8. The molecule has 0 amide bonds. The maximum absolute atomic E-state index is 2.50. The summed E-state index contributed by atoms with van der Waals surface area (Å²) < 4.78 is 0. The van der Waals surface area contributed by atoms with Gasteiger partial charge in [-0.1, -0.05) is 146 Å². The molecule has 0 radical (unpaired) electrons. The quantitative estimate of drug-likeness (QED) is 0.195. The number of hydrogen-bond donors (Lipinski definition) is 0. The predicted molar refractivity (Wildman–Crippen MR) is 178 cm³/mol. The van der Waals surface area contributed by atoms with Crippen molar-refractivity contribution in [2.24, 2.45) is 17.8 Å². The number of hydrogen-bond acceptors (Lipinski definition) is 0. The van der Waals surface area contributed by atoms with Gasteiger partial charge in [0.15, 0.2) is 0 Å². The van der Waals surface area contributed by atoms with E-state index in [0.717, 1.165) is 6.42 Å². The monoisotopic (exact) mass is 534 g/mol. The summed E-state index contributed by atoms with van der Waals surface area (Å²) >= 11 is 0. The van der Waals surface area contributed by atoms with Gasteiger partial charge in [0.25, 0.3) is 0 Å². The van der Waals surface area contributed by atoms with E-state index in [1.54, 1.807) is 5.57 Å². The lowest BCUT2D eigenvalue weighted by Crippen LogP contribution is -2.42. The number of rotatable bonds is 2. The topological polar surface area (TPSA) is 0 Å². The van der Waals surface area contributed by atoms with Gasteiger partial charge in [0, 0.05) is 17.8 Å². The fraction of sp³-hybridized carbons (Fsp3) is 0.0952. The van der Waals surface area contributed by atoms with E-state index in [4.69, 9.17) is 0 Å². The molecule has 6 aromatic rings. The molecule has 42 heavy (non-hydrogen) atoms. The first-order chi connectivity index (χ1) is 20.8. The van der Waals surface area contributed by atoms with E-state index < -0.39 is 0 Å². The second-order valence-electron chi connectivity index (χ2n) is 12.0. The fourth-order valence-corrected chi connectivity index (χ4v) is 8.03. The molecule has 0 saturated carbocycles. The van der Waals surface area contributed by atoms with Crippen molar-refractivity contribution in [3.05, 3.63) is 173 Å². The molecule has 6 aromatic carbocycles. The van der Waals surface area contributed by atoms with E-state index in [2.05, 4.69) is 152 Å². The molecule has 9 rings (SSSR count). The predicted octanol–water partition coefficient (Wildman–Crippen LogP) is 8.75. The Hall–Kier alpha value is -4.94. The van der Waals surface area contributed by atoms with Crippen LogP contribution in [0.3, 0.4) is 0 Å². The summed E-state index contributed by atoms with van der Waals surface area (Å²) in [6.45, 7) is 0. The highest BCUT2D eigenvalue weighted by Crippen LogP contribution is 2.45. The van der Waals surface area contributed by atoms with Crippen LogP contribution < -0.4 is 10.4 Å². The van der Waals surface area contributed by atoms with Crippen molar-refractivity contribution in [2.45, 2.75) is 6.42 Å². The van der Waals surface area contributed by atoms with Crippen molar-refractivity contribution in [1.82, 2.24) is 0 Å². The summed E-state index contributed by atoms with van der Waals surface area (Å²) in [4.78, 5) is 0. The van der Waals surface area contributed by atoms with Gasteiger partial charge in [0.05, 0.1) is 0 Å². The van der Waals surface area contributed by atoms with E-state index in [1.165, 1.54) is 65.0 Å². The van der Waals surface area contributed by atoms with Crippen molar-refractivity contribution in [2.75, 3.05) is 0 Å². The van der Waals surface area contributed by atoms with Gasteiger partial charge in [0.2, 0.25) is 0 Å². The minimum Gasteiger partial charge on any atom is -0.0764 e. The molecular formula is C42H30. The van der Waals surface area contributed by atoms with Gasteiger partial charge in [-0.3, -0.25) is 0 Å². The summed E-state index contributed by atoms with van der Waals surface area (Å²) in [7, 11) is 0. The minimum absolute atomic E-state index is 0.309. The molecule has 3 unspecified atom stereocenters. The highest BCUT2D eigenvalue weighted by atomic mass is 14.4. The lowest BCUT2D eigenvalue weighted by Gasteiger charge is -2.37. The first kappa shape index (κ1) is 23.7. The van der Waals surface area contributed by atoms with Gasteiger partial charge in [-0.25, -0.2) is 0 Å². The number of fused-ring (bicyclic) bond motifs is 9. The Bertz CT molecular complexity index is 2290. The van der Waals surface area contributed by atoms with Crippen LogP contribution >= 0.6 is 0 Å². The van der Waals surface area contributed by atoms with Crippen LogP contribution in [0.5, 0.6) is 0 Å². The molecule has 0 aromatic heterocycles. The van der Waals surface area contributed by atoms with Crippen LogP contribution in [-0.4, -0.2) is 0 Å². The molecule has 3 atom stereocenters. The lowest BCUT2D eigenvalue weighted by atomic mass is 9.66. The van der Waals surface area contributed by atoms with Crippen LogP contribution in [0.1, 0.15) is 16.7 Å². The molecule has 0 fully saturated rings. The third kappa shape index (κ3) is 3.48. The molecule has 0 spiro atoms. The van der Waals surface area contributed by atoms with E-state index in [0.29, 0.717) is 17.8 Å². The molecule has 0 N–H and O–H groups in total. The van der Waals surface area contributed by atoms with E-state index in [1.807, 2.05) is 0 Å². The van der Waals surface area contributed by atoms with Gasteiger partial charge in [0.1, 0.15) is 0 Å². The van der Waals surface area contributed by atoms with Crippen LogP contribution in [0.2, 0.25) is 0 Å². The second kappa shape index (κ2) is 9.29. The average Bonchev–Trinajstić information content (AvgIpc) is 3.07. The Morgan fingerprint density at radius 3 is 1.98 bits per heavy atom. The van der Waals surface area contributed by atoms with Crippen LogP contribution in [0.15, 0.2) is 146 Å². The lowest BCUT2D eigenvalue weighted by molar-refractivity contribution is 0.626. The number of allylic oxidation sites excluding steroid dienone is 5. The molecule has 0 heterocycles. The van der Waals surface area contributed by atoms with Gasteiger partial charge < -0.3 is 0 Å². The zero-order chi connectivity index (χ0) is 27.6. The Morgan fingerprint density at radius 2 is 1.14 bits per heavy atom. The smallest absolute Gasteiger partial charge is 0.0134 e. The number of benzene rings is 6. The first-order valence-corrected chi connectivity index (χ1v) is 15.1. The van der Waals surface area contributed by atoms with E-state index >= 15 is 0 Å². The Balaban J connectivity index is 1.30. The molecule has 3 aliphatic rings. The minimum atomic E-state index is 0.309. The average molecular weight is 535 g/mol. The van der Waals surface area contributed by atoms with Crippen molar-refractivity contribution >= 4 is 49.5 Å². The van der Waals surface area contributed by atoms with Gasteiger partial charge in [-0.2, -0.15) is 0 Å². The highest BCUT2D eigenvalue weighted by molar-refractivity contribution is 6.13. The van der Waals surface area contributed by atoms with Crippen LogP contribution in [-0.2, 0) is 6.42 Å². The van der Waals surface area contributed by atoms with E-state index in [-0.39, 0.29) is 0 Å². The Morgan fingerprint density at radius 1 is 0.500 bits per heavy atom. The maximum Gasteiger partial charge on any atom is 0.0134 e. The van der Waals surface area contributed by atoms with Crippen LogP contribution in [0, 0.1) is 17.8 Å². The van der Waals surface area contributed by atoms with Crippen molar-refractivity contribution in [1.29, 1.82) is 0 Å². The third-order valence-corrected chi connectivity index (χ3v) is 9.82. The van der Waals surface area contributed by atoms with Gasteiger partial charge in [-0.05, 0) is 83.1 Å². The first-order valence-electron chi connectivity index (χ1n) is 15.1. The summed E-state index contributed by atoms with van der Waals surface area (Å²) in [5.74, 6) is 0.975. The zero-order valence-corrected chi connectivity index (χ0v) is 23.4. The van der Waals surface area contributed by atoms with Gasteiger partial charge in [-0.15, -0.1) is 0 Å². The van der Waals surface area contributed by atoms with Crippen molar-refractivity contribution in [3.8, 4) is 0 Å². The molecule has 198 valence electrons. The summed E-state index contributed by atoms with van der Waals surface area (Å²) in [5, 5.41) is 10.8. The molecule has 0 heteroatoms. The zero-order valence-electron chi connectivity index (χ0n) is 23.4. The highest BCUT2D eigenvalue weighted by Gasteiger charge is 2.35. The standard InChI is InChI=1S/C42H30/c1-2-12-28-25-29(22-21-27(28)11-1)41-36-17-7-9-19-38(36)42(39-20-10-8-18-37(39)41)30-23-24-35-33-15-4-3-13-31(33)32-14-5-6-16-34(32)40(35)26-30/h1-25,30,36,38H,26H2. The molecule has 0 saturated heterocycles. The van der Waals surface area contributed by atoms with Crippen molar-refractivity contribution in [3.63, 3.8) is 0 Å². The van der Waals surface area contributed by atoms with Crippen LogP contribution in [0.25, 0.3) is 49.5 Å². The second-order valence-corrected chi connectivity index (χ2v) is 12.0. The molecular weight excluding hydrogens is 504 g/mol.